The molecule has 0 saturated heterocycles. The van der Waals surface area contributed by atoms with Gasteiger partial charge in [-0.3, -0.25) is 0 Å². The van der Waals surface area contributed by atoms with Crippen LogP contribution in [0.5, 0.6) is 0 Å². The van der Waals surface area contributed by atoms with Gasteiger partial charge >= 0.3 is 0 Å². The quantitative estimate of drug-likeness (QED) is 0.877. The summed E-state index contributed by atoms with van der Waals surface area (Å²) in [6.45, 7) is 6.01. The fourth-order valence-corrected chi connectivity index (χ4v) is 2.55. The summed E-state index contributed by atoms with van der Waals surface area (Å²) in [5.41, 5.74) is 4.83. The molecule has 0 aliphatic heterocycles. The van der Waals surface area contributed by atoms with E-state index in [0.717, 1.165) is 35.1 Å². The Kier molecular flexibility index (Phi) is 4.56. The highest BCUT2D eigenvalue weighted by Crippen LogP contribution is 2.29. The minimum Gasteiger partial charge on any atom is -0.384 e. The largest absolute Gasteiger partial charge is 0.384 e. The number of hydrogen-bond acceptors (Lipinski definition) is 1. The maximum Gasteiger partial charge on any atom is 0.123 e. The van der Waals surface area contributed by atoms with Crippen molar-refractivity contribution in [3.8, 4) is 0 Å². The van der Waals surface area contributed by atoms with Crippen LogP contribution in [0, 0.1) is 12.7 Å². The van der Waals surface area contributed by atoms with E-state index < -0.39 is 6.10 Å². The average Bonchev–Trinajstić information content (AvgIpc) is 2.46. The summed E-state index contributed by atoms with van der Waals surface area (Å²) in [5.74, 6) is -0.267. The topological polar surface area (TPSA) is 20.2 Å². The number of benzene rings is 2. The summed E-state index contributed by atoms with van der Waals surface area (Å²) < 4.78 is 13.2. The number of aliphatic hydroxyl groups excluding tert-OH is 1. The molecule has 106 valence electrons. The van der Waals surface area contributed by atoms with Crippen LogP contribution in [0.3, 0.4) is 0 Å². The van der Waals surface area contributed by atoms with Gasteiger partial charge in [-0.2, -0.15) is 0 Å². The first-order valence-electron chi connectivity index (χ1n) is 7.12. The molecule has 0 amide bonds. The highest BCUT2D eigenvalue weighted by atomic mass is 19.1. The Bertz CT molecular complexity index is 604. The predicted molar refractivity (Wildman–Crippen MR) is 80.4 cm³/mol. The van der Waals surface area contributed by atoms with E-state index in [-0.39, 0.29) is 5.82 Å². The summed E-state index contributed by atoms with van der Waals surface area (Å²) >= 11 is 0. The van der Waals surface area contributed by atoms with Gasteiger partial charge in [0.25, 0.3) is 0 Å². The van der Waals surface area contributed by atoms with E-state index >= 15 is 0 Å². The van der Waals surface area contributed by atoms with Gasteiger partial charge in [0.05, 0.1) is 0 Å². The fourth-order valence-electron chi connectivity index (χ4n) is 2.55. The third kappa shape index (κ3) is 2.91. The van der Waals surface area contributed by atoms with E-state index in [1.54, 1.807) is 6.07 Å². The van der Waals surface area contributed by atoms with Crippen LogP contribution in [0.2, 0.25) is 0 Å². The molecule has 0 bridgehead atoms. The monoisotopic (exact) mass is 272 g/mol. The second-order valence-corrected chi connectivity index (χ2v) is 5.14. The second-order valence-electron chi connectivity index (χ2n) is 5.14. The first kappa shape index (κ1) is 14.7. The Morgan fingerprint density at radius 1 is 1.00 bits per heavy atom. The first-order chi connectivity index (χ1) is 9.56. The first-order valence-corrected chi connectivity index (χ1v) is 7.12. The maximum atomic E-state index is 13.2. The van der Waals surface area contributed by atoms with E-state index in [2.05, 4.69) is 32.0 Å². The molecule has 0 aliphatic carbocycles. The Labute approximate surface area is 120 Å². The zero-order chi connectivity index (χ0) is 14.7. The third-order valence-electron chi connectivity index (χ3n) is 3.82. The molecule has 0 saturated carbocycles. The zero-order valence-corrected chi connectivity index (χ0v) is 12.3. The van der Waals surface area contributed by atoms with Crippen molar-refractivity contribution < 1.29 is 9.50 Å². The number of hydrogen-bond donors (Lipinski definition) is 1. The third-order valence-corrected chi connectivity index (χ3v) is 3.82. The van der Waals surface area contributed by atoms with Crippen molar-refractivity contribution in [1.29, 1.82) is 0 Å². The van der Waals surface area contributed by atoms with Crippen molar-refractivity contribution in [2.45, 2.75) is 39.7 Å². The SMILES string of the molecule is CCc1ccc(CC)c(C(O)c2ccc(F)cc2C)c1. The van der Waals surface area contributed by atoms with Crippen molar-refractivity contribution >= 4 is 0 Å². The Morgan fingerprint density at radius 3 is 2.35 bits per heavy atom. The number of aryl methyl sites for hydroxylation is 3. The molecule has 1 nitrogen and oxygen atoms in total. The van der Waals surface area contributed by atoms with E-state index in [0.29, 0.717) is 0 Å². The lowest BCUT2D eigenvalue weighted by atomic mass is 9.91. The fraction of sp³-hybridized carbons (Fsp3) is 0.333. The lowest BCUT2D eigenvalue weighted by molar-refractivity contribution is 0.218. The van der Waals surface area contributed by atoms with Crippen molar-refractivity contribution in [2.24, 2.45) is 0 Å². The molecule has 0 spiro atoms. The summed E-state index contributed by atoms with van der Waals surface area (Å²) in [4.78, 5) is 0. The van der Waals surface area contributed by atoms with Gasteiger partial charge in [0.2, 0.25) is 0 Å². The van der Waals surface area contributed by atoms with Gasteiger partial charge in [-0.15, -0.1) is 0 Å². The number of rotatable bonds is 4. The molecule has 1 atom stereocenters. The van der Waals surface area contributed by atoms with Crippen LogP contribution in [0.15, 0.2) is 36.4 Å². The van der Waals surface area contributed by atoms with Crippen LogP contribution >= 0.6 is 0 Å². The Hall–Kier alpha value is -1.67. The summed E-state index contributed by atoms with van der Waals surface area (Å²) in [5, 5.41) is 10.7. The summed E-state index contributed by atoms with van der Waals surface area (Å²) in [6.07, 6.45) is 1.11. The normalized spacial score (nSPS) is 12.4. The van der Waals surface area contributed by atoms with Crippen molar-refractivity contribution in [1.82, 2.24) is 0 Å². The molecule has 0 fully saturated rings. The smallest absolute Gasteiger partial charge is 0.123 e. The molecule has 0 aromatic heterocycles. The molecule has 0 aliphatic rings. The van der Waals surface area contributed by atoms with Crippen LogP contribution in [0.25, 0.3) is 0 Å². The van der Waals surface area contributed by atoms with Gasteiger partial charge in [0.1, 0.15) is 11.9 Å². The molecule has 2 heteroatoms. The molecular formula is C18H21FO. The molecule has 0 radical (unpaired) electrons. The van der Waals surface area contributed by atoms with E-state index in [1.807, 2.05) is 6.92 Å². The van der Waals surface area contributed by atoms with E-state index in [1.165, 1.54) is 17.7 Å². The van der Waals surface area contributed by atoms with Crippen LogP contribution in [-0.2, 0) is 12.8 Å². The van der Waals surface area contributed by atoms with Crippen molar-refractivity contribution in [3.63, 3.8) is 0 Å². The van der Waals surface area contributed by atoms with Gasteiger partial charge < -0.3 is 5.11 Å². The van der Waals surface area contributed by atoms with Crippen LogP contribution in [0.4, 0.5) is 4.39 Å². The minimum atomic E-state index is -0.697. The van der Waals surface area contributed by atoms with E-state index in [4.69, 9.17) is 0 Å². The van der Waals surface area contributed by atoms with Crippen molar-refractivity contribution in [3.05, 3.63) is 70.0 Å². The van der Waals surface area contributed by atoms with Crippen LogP contribution < -0.4 is 0 Å². The molecule has 20 heavy (non-hydrogen) atoms. The van der Waals surface area contributed by atoms with Crippen molar-refractivity contribution in [2.75, 3.05) is 0 Å². The molecule has 2 aromatic carbocycles. The molecule has 2 rings (SSSR count). The van der Waals surface area contributed by atoms with Crippen LogP contribution in [-0.4, -0.2) is 5.11 Å². The second kappa shape index (κ2) is 6.19. The lowest BCUT2D eigenvalue weighted by Gasteiger charge is -2.18. The molecule has 1 unspecified atom stereocenters. The Morgan fingerprint density at radius 2 is 1.75 bits per heavy atom. The minimum absolute atomic E-state index is 0.267. The van der Waals surface area contributed by atoms with Gasteiger partial charge in [0, 0.05) is 0 Å². The molecule has 2 aromatic rings. The summed E-state index contributed by atoms with van der Waals surface area (Å²) in [6, 6.07) is 10.8. The molecular weight excluding hydrogens is 251 g/mol. The van der Waals surface area contributed by atoms with Crippen LogP contribution in [0.1, 0.15) is 47.8 Å². The molecule has 0 heterocycles. The molecule has 1 N–H and O–H groups in total. The standard InChI is InChI=1S/C18H21FO/c1-4-13-6-7-14(5-2)17(11-13)18(20)16-9-8-15(19)10-12(16)3/h6-11,18,20H,4-5H2,1-3H3. The van der Waals surface area contributed by atoms with Gasteiger partial charge in [0.15, 0.2) is 0 Å². The maximum absolute atomic E-state index is 13.2. The number of aliphatic hydroxyl groups is 1. The van der Waals surface area contributed by atoms with Gasteiger partial charge in [-0.25, -0.2) is 4.39 Å². The van der Waals surface area contributed by atoms with Gasteiger partial charge in [-0.05, 0) is 59.7 Å². The lowest BCUT2D eigenvalue weighted by Crippen LogP contribution is -2.06. The summed E-state index contributed by atoms with van der Waals surface area (Å²) in [7, 11) is 0. The highest BCUT2D eigenvalue weighted by molar-refractivity contribution is 5.41. The Balaban J connectivity index is 2.48. The van der Waals surface area contributed by atoms with Gasteiger partial charge in [-0.1, -0.05) is 38.1 Å². The zero-order valence-electron chi connectivity index (χ0n) is 12.3. The van der Waals surface area contributed by atoms with E-state index in [9.17, 15) is 9.50 Å². The highest BCUT2D eigenvalue weighted by Gasteiger charge is 2.16. The number of halogens is 1. The average molecular weight is 272 g/mol. The predicted octanol–water partition coefficient (Wildman–Crippen LogP) is 4.34.